The molecule has 0 radical (unpaired) electrons. The van der Waals surface area contributed by atoms with Gasteiger partial charge in [-0.15, -0.1) is 0 Å². The van der Waals surface area contributed by atoms with E-state index in [1.165, 1.54) is 10.6 Å². The van der Waals surface area contributed by atoms with Crippen molar-refractivity contribution in [2.45, 2.75) is 13.5 Å². The molecule has 0 aliphatic rings. The average molecular weight is 625 g/mol. The Kier molecular flexibility index (Phi) is 9.65. The van der Waals surface area contributed by atoms with Crippen LogP contribution in [0.25, 0.3) is 10.9 Å². The molecule has 0 saturated carbocycles. The van der Waals surface area contributed by atoms with Crippen LogP contribution >= 0.6 is 0 Å². The molecule has 2 N–H and O–H groups in total. The Bertz CT molecular complexity index is 1900. The van der Waals surface area contributed by atoms with Crippen molar-refractivity contribution in [3.8, 4) is 5.88 Å². The summed E-state index contributed by atoms with van der Waals surface area (Å²) >= 11 is 0. The minimum Gasteiger partial charge on any atom is -0.494 e. The second kappa shape index (κ2) is 13.8. The summed E-state index contributed by atoms with van der Waals surface area (Å²) in [4.78, 5) is 22.3. The van der Waals surface area contributed by atoms with Crippen LogP contribution in [0.1, 0.15) is 34.0 Å². The van der Waals surface area contributed by atoms with E-state index >= 15 is 0 Å². The lowest BCUT2D eigenvalue weighted by atomic mass is 10.00. The number of rotatable bonds is 12. The SMILES string of the molecule is CCOC(=O)c1ccc2c(C(=Nc3ccc(N(CCN(C)Cc4ccccc4)S(C)(=O)=O)cc3)c3ccccc3)c(O)[nH]c2c1. The van der Waals surface area contributed by atoms with Gasteiger partial charge in [0.1, 0.15) is 0 Å². The molecule has 1 heterocycles. The monoisotopic (exact) mass is 624 g/mol. The number of sulfonamides is 1. The van der Waals surface area contributed by atoms with E-state index in [2.05, 4.69) is 9.88 Å². The van der Waals surface area contributed by atoms with Gasteiger partial charge in [0.05, 0.1) is 41.1 Å². The first-order valence-corrected chi connectivity index (χ1v) is 16.5. The van der Waals surface area contributed by atoms with Crippen LogP contribution in [0.2, 0.25) is 0 Å². The molecule has 0 saturated heterocycles. The molecule has 0 aliphatic carbocycles. The lowest BCUT2D eigenvalue weighted by Gasteiger charge is -2.25. The van der Waals surface area contributed by atoms with E-state index in [1.807, 2.05) is 67.7 Å². The highest BCUT2D eigenvalue weighted by Crippen LogP contribution is 2.33. The van der Waals surface area contributed by atoms with Crippen LogP contribution in [0.15, 0.2) is 108 Å². The third-order valence-corrected chi connectivity index (χ3v) is 8.53. The predicted molar refractivity (Wildman–Crippen MR) is 179 cm³/mol. The summed E-state index contributed by atoms with van der Waals surface area (Å²) in [6, 6.07) is 31.6. The Balaban J connectivity index is 1.45. The first kappa shape index (κ1) is 31.5. The van der Waals surface area contributed by atoms with Gasteiger partial charge in [0.15, 0.2) is 5.88 Å². The molecule has 45 heavy (non-hydrogen) atoms. The maximum absolute atomic E-state index is 12.8. The molecular weight excluding hydrogens is 588 g/mol. The van der Waals surface area contributed by atoms with Crippen LogP contribution in [0.3, 0.4) is 0 Å². The van der Waals surface area contributed by atoms with E-state index in [1.54, 1.807) is 49.4 Å². The highest BCUT2D eigenvalue weighted by Gasteiger charge is 2.21. The molecule has 1 aromatic heterocycles. The fourth-order valence-corrected chi connectivity index (χ4v) is 6.09. The molecule has 5 aromatic rings. The van der Waals surface area contributed by atoms with Gasteiger partial charge >= 0.3 is 5.97 Å². The fraction of sp³-hybridized carbons (Fsp3) is 0.200. The number of fused-ring (bicyclic) bond motifs is 1. The van der Waals surface area contributed by atoms with E-state index in [0.29, 0.717) is 52.2 Å². The number of nitrogens with one attached hydrogen (secondary N) is 1. The summed E-state index contributed by atoms with van der Waals surface area (Å²) in [6.07, 6.45) is 1.21. The summed E-state index contributed by atoms with van der Waals surface area (Å²) in [6.45, 7) is 3.54. The van der Waals surface area contributed by atoms with Crippen LogP contribution in [-0.2, 0) is 21.3 Å². The number of ether oxygens (including phenoxy) is 1. The number of hydrogen-bond donors (Lipinski definition) is 2. The quantitative estimate of drug-likeness (QED) is 0.128. The van der Waals surface area contributed by atoms with E-state index < -0.39 is 16.0 Å². The lowest BCUT2D eigenvalue weighted by molar-refractivity contribution is 0.0526. The highest BCUT2D eigenvalue weighted by molar-refractivity contribution is 7.92. The molecule has 0 amide bonds. The maximum atomic E-state index is 12.8. The van der Waals surface area contributed by atoms with Gasteiger partial charge < -0.3 is 19.7 Å². The summed E-state index contributed by atoms with van der Waals surface area (Å²) in [5, 5.41) is 11.7. The molecule has 9 nitrogen and oxygen atoms in total. The lowest BCUT2D eigenvalue weighted by Crippen LogP contribution is -2.36. The zero-order valence-electron chi connectivity index (χ0n) is 25.5. The molecule has 0 fully saturated rings. The minimum atomic E-state index is -3.54. The molecule has 10 heteroatoms. The topological polar surface area (TPSA) is 115 Å². The van der Waals surface area contributed by atoms with E-state index in [9.17, 15) is 18.3 Å². The summed E-state index contributed by atoms with van der Waals surface area (Å²) < 4.78 is 32.1. The van der Waals surface area contributed by atoms with E-state index in [4.69, 9.17) is 9.73 Å². The summed E-state index contributed by atoms with van der Waals surface area (Å²) in [5.74, 6) is -0.536. The van der Waals surface area contributed by atoms with Crippen LogP contribution in [0.4, 0.5) is 11.4 Å². The number of nitrogens with zero attached hydrogens (tertiary/aromatic N) is 3. The summed E-state index contributed by atoms with van der Waals surface area (Å²) in [5.41, 5.74) is 4.96. The van der Waals surface area contributed by atoms with Crippen LogP contribution in [0.5, 0.6) is 5.88 Å². The van der Waals surface area contributed by atoms with Gasteiger partial charge in [-0.3, -0.25) is 4.31 Å². The second-order valence-corrected chi connectivity index (χ2v) is 12.6. The Morgan fingerprint density at radius 3 is 2.20 bits per heavy atom. The number of aromatic hydroxyl groups is 1. The van der Waals surface area contributed by atoms with Crippen LogP contribution in [-0.4, -0.2) is 68.1 Å². The Labute approximate surface area is 263 Å². The van der Waals surface area contributed by atoms with Crippen molar-refractivity contribution in [3.63, 3.8) is 0 Å². The Morgan fingerprint density at radius 2 is 1.56 bits per heavy atom. The van der Waals surface area contributed by atoms with Gasteiger partial charge in [0.2, 0.25) is 10.0 Å². The Morgan fingerprint density at radius 1 is 0.889 bits per heavy atom. The van der Waals surface area contributed by atoms with Gasteiger partial charge in [-0.05, 0) is 55.9 Å². The number of anilines is 1. The predicted octanol–water partition coefficient (Wildman–Crippen LogP) is 6.12. The molecule has 0 spiro atoms. The van der Waals surface area contributed by atoms with Crippen molar-refractivity contribution < 1.29 is 23.1 Å². The van der Waals surface area contributed by atoms with Crippen LogP contribution in [0, 0.1) is 0 Å². The van der Waals surface area contributed by atoms with Gasteiger partial charge in [-0.1, -0.05) is 66.7 Å². The average Bonchev–Trinajstić information content (AvgIpc) is 3.35. The molecule has 0 unspecified atom stereocenters. The van der Waals surface area contributed by atoms with Crippen LogP contribution < -0.4 is 4.31 Å². The normalized spacial score (nSPS) is 12.0. The first-order valence-electron chi connectivity index (χ1n) is 14.6. The number of aromatic amines is 1. The number of esters is 1. The van der Waals surface area contributed by atoms with Gasteiger partial charge in [-0.25, -0.2) is 18.2 Å². The number of H-pyrrole nitrogens is 1. The number of hydrogen-bond acceptors (Lipinski definition) is 7. The van der Waals surface area contributed by atoms with Crippen molar-refractivity contribution in [3.05, 3.63) is 125 Å². The second-order valence-electron chi connectivity index (χ2n) is 10.7. The molecule has 5 rings (SSSR count). The number of aromatic nitrogens is 1. The molecule has 232 valence electrons. The third kappa shape index (κ3) is 7.60. The first-order chi connectivity index (χ1) is 21.6. The third-order valence-electron chi connectivity index (χ3n) is 7.33. The number of carbonyl (C=O) groups excluding carboxylic acids is 1. The summed E-state index contributed by atoms with van der Waals surface area (Å²) in [7, 11) is -1.58. The number of carbonyl (C=O) groups is 1. The fourth-order valence-electron chi connectivity index (χ4n) is 5.17. The highest BCUT2D eigenvalue weighted by atomic mass is 32.2. The Hall–Kier alpha value is -4.93. The van der Waals surface area contributed by atoms with E-state index in [0.717, 1.165) is 11.1 Å². The van der Waals surface area contributed by atoms with Crippen molar-refractivity contribution in [2.75, 3.05) is 37.3 Å². The largest absolute Gasteiger partial charge is 0.494 e. The molecule has 0 atom stereocenters. The molecule has 0 aliphatic heterocycles. The minimum absolute atomic E-state index is 0.0897. The maximum Gasteiger partial charge on any atom is 0.338 e. The zero-order valence-corrected chi connectivity index (χ0v) is 26.3. The number of aliphatic imine (C=N–C) groups is 1. The van der Waals surface area contributed by atoms with Gasteiger partial charge in [-0.2, -0.15) is 0 Å². The molecule has 4 aromatic carbocycles. The standard InChI is InChI=1S/C35H36N4O5S/c1-4-44-35(41)27-15-20-30-31(23-27)37-34(40)32(30)33(26-13-9-6-10-14-26)36-28-16-18-29(19-17-28)39(45(3,42)43)22-21-38(2)24-25-11-7-5-8-12-25/h5-20,23,37,40H,4,21-22,24H2,1-3H3. The van der Waals surface area contributed by atoms with Crippen molar-refractivity contribution in [2.24, 2.45) is 4.99 Å². The molecule has 0 bridgehead atoms. The number of likely N-dealkylation sites (N-methyl/N-ethyl adjacent to an activating group) is 1. The molecular formula is C35H36N4O5S. The van der Waals surface area contributed by atoms with E-state index in [-0.39, 0.29) is 19.0 Å². The van der Waals surface area contributed by atoms with Crippen molar-refractivity contribution in [1.82, 2.24) is 9.88 Å². The van der Waals surface area contributed by atoms with Crippen molar-refractivity contribution in [1.29, 1.82) is 0 Å². The van der Waals surface area contributed by atoms with Gasteiger partial charge in [0, 0.05) is 36.1 Å². The smallest absolute Gasteiger partial charge is 0.338 e. The number of benzene rings is 4. The van der Waals surface area contributed by atoms with Gasteiger partial charge in [0.25, 0.3) is 0 Å². The van der Waals surface area contributed by atoms with Crippen molar-refractivity contribution >= 4 is 44.0 Å². The zero-order chi connectivity index (χ0) is 32.0.